The summed E-state index contributed by atoms with van der Waals surface area (Å²) in [7, 11) is 0. The Kier molecular flexibility index (Phi) is 5.94. The monoisotopic (exact) mass is 413 g/mol. The van der Waals surface area contributed by atoms with Gasteiger partial charge >= 0.3 is 5.97 Å². The van der Waals surface area contributed by atoms with Gasteiger partial charge in [-0.3, -0.25) is 19.0 Å². The molecule has 8 nitrogen and oxygen atoms in total. The van der Waals surface area contributed by atoms with Crippen molar-refractivity contribution in [3.63, 3.8) is 0 Å². The molecular formula is C20H16ClN3O5. The van der Waals surface area contributed by atoms with Gasteiger partial charge in [0.1, 0.15) is 12.4 Å². The molecule has 2 aromatic carbocycles. The summed E-state index contributed by atoms with van der Waals surface area (Å²) in [6, 6.07) is 15.6. The summed E-state index contributed by atoms with van der Waals surface area (Å²) in [5, 5.41) is 21.4. The first-order valence-electron chi connectivity index (χ1n) is 8.51. The fourth-order valence-electron chi connectivity index (χ4n) is 2.75. The van der Waals surface area contributed by atoms with Crippen LogP contribution in [0.4, 0.5) is 0 Å². The third kappa shape index (κ3) is 4.44. The Morgan fingerprint density at radius 2 is 1.72 bits per heavy atom. The quantitative estimate of drug-likeness (QED) is 0.569. The highest BCUT2D eigenvalue weighted by molar-refractivity contribution is 6.33. The molecule has 0 bridgehead atoms. The number of aromatic nitrogens is 2. The van der Waals surface area contributed by atoms with E-state index in [-0.39, 0.29) is 12.4 Å². The second kappa shape index (κ2) is 8.57. The fourth-order valence-corrected chi connectivity index (χ4v) is 2.97. The largest absolute Gasteiger partial charge is 0.493 e. The average molecular weight is 414 g/mol. The number of carbonyl (C=O) groups is 2. The molecule has 3 rings (SSSR count). The van der Waals surface area contributed by atoms with E-state index in [9.17, 15) is 19.5 Å². The van der Waals surface area contributed by atoms with Crippen molar-refractivity contribution in [2.24, 2.45) is 0 Å². The molecule has 1 amide bonds. The lowest BCUT2D eigenvalue weighted by Gasteiger charge is -2.16. The molecule has 148 valence electrons. The van der Waals surface area contributed by atoms with Gasteiger partial charge in [-0.1, -0.05) is 54.1 Å². The Hall–Kier alpha value is -3.65. The van der Waals surface area contributed by atoms with Crippen molar-refractivity contribution >= 4 is 23.5 Å². The summed E-state index contributed by atoms with van der Waals surface area (Å²) >= 11 is 6.24. The van der Waals surface area contributed by atoms with Crippen molar-refractivity contribution in [3.05, 3.63) is 81.1 Å². The number of aromatic hydroxyl groups is 1. The SMILES string of the molecule is O=C(O)CNC(=O)c1c(O)nc(-c2ccccc2Cl)n(Cc2ccccc2)c1=O. The molecule has 1 heterocycles. The Labute approximate surface area is 170 Å². The van der Waals surface area contributed by atoms with Crippen LogP contribution in [0.1, 0.15) is 15.9 Å². The van der Waals surface area contributed by atoms with E-state index in [0.29, 0.717) is 10.6 Å². The molecule has 9 heteroatoms. The highest BCUT2D eigenvalue weighted by Gasteiger charge is 2.24. The molecule has 0 unspecified atom stereocenters. The summed E-state index contributed by atoms with van der Waals surface area (Å²) in [6.45, 7) is -0.643. The zero-order chi connectivity index (χ0) is 21.0. The predicted molar refractivity (Wildman–Crippen MR) is 106 cm³/mol. The first-order chi connectivity index (χ1) is 13.9. The lowest BCUT2D eigenvalue weighted by Crippen LogP contribution is -2.36. The number of hydrogen-bond donors (Lipinski definition) is 3. The second-order valence-electron chi connectivity index (χ2n) is 6.07. The van der Waals surface area contributed by atoms with Crippen LogP contribution < -0.4 is 10.9 Å². The van der Waals surface area contributed by atoms with Crippen LogP contribution in [0.5, 0.6) is 5.88 Å². The summed E-state index contributed by atoms with van der Waals surface area (Å²) in [5.74, 6) is -3.05. The topological polar surface area (TPSA) is 122 Å². The third-order valence-corrected chi connectivity index (χ3v) is 4.41. The van der Waals surface area contributed by atoms with E-state index in [1.54, 1.807) is 48.5 Å². The van der Waals surface area contributed by atoms with Crippen LogP contribution in [0.3, 0.4) is 0 Å². The van der Waals surface area contributed by atoms with Gasteiger partial charge in [-0.25, -0.2) is 0 Å². The first-order valence-corrected chi connectivity index (χ1v) is 8.89. The zero-order valence-electron chi connectivity index (χ0n) is 15.0. The van der Waals surface area contributed by atoms with Crippen LogP contribution in [0.15, 0.2) is 59.4 Å². The van der Waals surface area contributed by atoms with Gasteiger partial charge in [-0.2, -0.15) is 4.98 Å². The number of nitrogens with zero attached hydrogens (tertiary/aromatic N) is 2. The zero-order valence-corrected chi connectivity index (χ0v) is 15.8. The standard InChI is InChI=1S/C20H16ClN3O5/c21-14-9-5-4-8-13(14)17-23-19(28)16(18(27)22-10-15(25)26)20(29)24(17)11-12-6-2-1-3-7-12/h1-9,28H,10-11H2,(H,22,27)(H,25,26). The number of hydrogen-bond acceptors (Lipinski definition) is 5. The molecular weight excluding hydrogens is 398 g/mol. The van der Waals surface area contributed by atoms with Crippen LogP contribution in [0.25, 0.3) is 11.4 Å². The molecule has 29 heavy (non-hydrogen) atoms. The van der Waals surface area contributed by atoms with E-state index < -0.39 is 35.4 Å². The van der Waals surface area contributed by atoms with Crippen LogP contribution in [-0.4, -0.2) is 38.2 Å². The van der Waals surface area contributed by atoms with Crippen LogP contribution in [0, 0.1) is 0 Å². The lowest BCUT2D eigenvalue weighted by atomic mass is 10.1. The molecule has 0 atom stereocenters. The molecule has 0 radical (unpaired) electrons. The van der Waals surface area contributed by atoms with Crippen molar-refractivity contribution in [1.82, 2.24) is 14.9 Å². The van der Waals surface area contributed by atoms with E-state index in [0.717, 1.165) is 5.56 Å². The van der Waals surface area contributed by atoms with Gasteiger partial charge in [-0.05, 0) is 17.7 Å². The van der Waals surface area contributed by atoms with Gasteiger partial charge < -0.3 is 15.5 Å². The molecule has 3 N–H and O–H groups in total. The smallest absolute Gasteiger partial charge is 0.322 e. The Morgan fingerprint density at radius 1 is 1.07 bits per heavy atom. The highest BCUT2D eigenvalue weighted by atomic mass is 35.5. The number of nitrogens with one attached hydrogen (secondary N) is 1. The van der Waals surface area contributed by atoms with Gasteiger partial charge in [-0.15, -0.1) is 0 Å². The Balaban J connectivity index is 2.19. The van der Waals surface area contributed by atoms with Gasteiger partial charge in [0.15, 0.2) is 5.56 Å². The fraction of sp³-hybridized carbons (Fsp3) is 0.100. The van der Waals surface area contributed by atoms with Crippen LogP contribution in [0.2, 0.25) is 5.02 Å². The molecule has 0 fully saturated rings. The van der Waals surface area contributed by atoms with Crippen molar-refractivity contribution < 1.29 is 19.8 Å². The highest BCUT2D eigenvalue weighted by Crippen LogP contribution is 2.27. The van der Waals surface area contributed by atoms with Crippen molar-refractivity contribution in [2.75, 3.05) is 6.54 Å². The van der Waals surface area contributed by atoms with Gasteiger partial charge in [0.25, 0.3) is 11.5 Å². The average Bonchev–Trinajstić information content (AvgIpc) is 2.69. The molecule has 1 aromatic heterocycles. The number of amides is 1. The maximum atomic E-state index is 13.1. The van der Waals surface area contributed by atoms with Gasteiger partial charge in [0.2, 0.25) is 5.88 Å². The van der Waals surface area contributed by atoms with Crippen LogP contribution >= 0.6 is 11.6 Å². The number of benzene rings is 2. The number of carboxylic acids is 1. The Bertz CT molecular complexity index is 1130. The number of rotatable bonds is 6. The summed E-state index contributed by atoms with van der Waals surface area (Å²) in [5.41, 5.74) is -0.306. The molecule has 0 saturated heterocycles. The molecule has 0 spiro atoms. The minimum absolute atomic E-state index is 0.0622. The Morgan fingerprint density at radius 3 is 2.38 bits per heavy atom. The molecule has 0 aliphatic rings. The van der Waals surface area contributed by atoms with Crippen molar-refractivity contribution in [3.8, 4) is 17.3 Å². The summed E-state index contributed by atoms with van der Waals surface area (Å²) < 4.78 is 1.21. The number of carbonyl (C=O) groups excluding carboxylic acids is 1. The normalized spacial score (nSPS) is 10.5. The summed E-state index contributed by atoms with van der Waals surface area (Å²) in [4.78, 5) is 40.1. The first kappa shape index (κ1) is 20.1. The lowest BCUT2D eigenvalue weighted by molar-refractivity contribution is -0.135. The molecule has 0 aliphatic carbocycles. The second-order valence-corrected chi connectivity index (χ2v) is 6.47. The van der Waals surface area contributed by atoms with E-state index in [1.807, 2.05) is 6.07 Å². The van der Waals surface area contributed by atoms with Crippen molar-refractivity contribution in [1.29, 1.82) is 0 Å². The minimum atomic E-state index is -1.29. The third-order valence-electron chi connectivity index (χ3n) is 4.08. The van der Waals surface area contributed by atoms with Gasteiger partial charge in [0.05, 0.1) is 11.6 Å². The van der Waals surface area contributed by atoms with Crippen molar-refractivity contribution in [2.45, 2.75) is 6.54 Å². The minimum Gasteiger partial charge on any atom is -0.493 e. The number of halogens is 1. The maximum absolute atomic E-state index is 13.1. The number of aliphatic carboxylic acids is 1. The predicted octanol–water partition coefficient (Wildman–Crippen LogP) is 2.13. The summed E-state index contributed by atoms with van der Waals surface area (Å²) in [6.07, 6.45) is 0. The van der Waals surface area contributed by atoms with Crippen LogP contribution in [-0.2, 0) is 11.3 Å². The number of carboxylic acid groups (broad SMARTS) is 1. The molecule has 0 aliphatic heterocycles. The van der Waals surface area contributed by atoms with E-state index in [4.69, 9.17) is 16.7 Å². The molecule has 3 aromatic rings. The van der Waals surface area contributed by atoms with E-state index in [2.05, 4.69) is 10.3 Å². The molecule has 0 saturated carbocycles. The van der Waals surface area contributed by atoms with E-state index in [1.165, 1.54) is 4.57 Å². The van der Waals surface area contributed by atoms with Gasteiger partial charge in [0, 0.05) is 5.56 Å². The maximum Gasteiger partial charge on any atom is 0.322 e. The van der Waals surface area contributed by atoms with E-state index >= 15 is 0 Å².